The summed E-state index contributed by atoms with van der Waals surface area (Å²) < 4.78 is 13.4. The molecule has 1 aliphatic heterocycles. The number of carbonyl (C=O) groups is 2. The van der Waals surface area contributed by atoms with E-state index in [9.17, 15) is 14.0 Å². The third kappa shape index (κ3) is 3.27. The average Bonchev–Trinajstić information content (AvgIpc) is 2.41. The van der Waals surface area contributed by atoms with Crippen molar-refractivity contribution in [2.45, 2.75) is 25.3 Å². The molecular formula is C13H14BrFN2O3. The van der Waals surface area contributed by atoms with Crippen molar-refractivity contribution in [3.63, 3.8) is 0 Å². The number of piperidine rings is 1. The van der Waals surface area contributed by atoms with E-state index in [4.69, 9.17) is 5.11 Å². The molecule has 0 aromatic heterocycles. The summed E-state index contributed by atoms with van der Waals surface area (Å²) in [5.41, 5.74) is 0.408. The number of hydrogen-bond acceptors (Lipinski definition) is 2. The van der Waals surface area contributed by atoms with Crippen LogP contribution in [0, 0.1) is 5.82 Å². The van der Waals surface area contributed by atoms with Gasteiger partial charge in [0, 0.05) is 11.0 Å². The van der Waals surface area contributed by atoms with E-state index in [1.165, 1.54) is 23.1 Å². The molecule has 1 aromatic rings. The van der Waals surface area contributed by atoms with Crippen molar-refractivity contribution in [3.8, 4) is 0 Å². The van der Waals surface area contributed by atoms with E-state index >= 15 is 0 Å². The van der Waals surface area contributed by atoms with E-state index in [0.717, 1.165) is 12.8 Å². The lowest BCUT2D eigenvalue weighted by atomic mass is 10.0. The molecule has 1 aliphatic rings. The quantitative estimate of drug-likeness (QED) is 0.866. The highest BCUT2D eigenvalue weighted by atomic mass is 79.9. The van der Waals surface area contributed by atoms with E-state index < -0.39 is 23.9 Å². The Morgan fingerprint density at radius 1 is 1.40 bits per heavy atom. The fourth-order valence-electron chi connectivity index (χ4n) is 2.21. The number of amides is 2. The summed E-state index contributed by atoms with van der Waals surface area (Å²) >= 11 is 3.15. The maximum Gasteiger partial charge on any atom is 0.326 e. The van der Waals surface area contributed by atoms with Crippen LogP contribution in [-0.4, -0.2) is 34.6 Å². The van der Waals surface area contributed by atoms with Crippen LogP contribution in [0.3, 0.4) is 0 Å². The van der Waals surface area contributed by atoms with Gasteiger partial charge in [0.15, 0.2) is 0 Å². The number of rotatable bonds is 2. The summed E-state index contributed by atoms with van der Waals surface area (Å²) in [6.07, 6.45) is 2.02. The van der Waals surface area contributed by atoms with Crippen LogP contribution in [0.5, 0.6) is 0 Å². The molecule has 20 heavy (non-hydrogen) atoms. The number of likely N-dealkylation sites (tertiary alicyclic amines) is 1. The second-order valence-electron chi connectivity index (χ2n) is 4.60. The van der Waals surface area contributed by atoms with Gasteiger partial charge in [-0.15, -0.1) is 0 Å². The van der Waals surface area contributed by atoms with Crippen molar-refractivity contribution >= 4 is 33.6 Å². The van der Waals surface area contributed by atoms with Crippen molar-refractivity contribution in [2.75, 3.05) is 11.9 Å². The summed E-state index contributed by atoms with van der Waals surface area (Å²) in [5.74, 6) is -1.42. The summed E-state index contributed by atoms with van der Waals surface area (Å²) in [5, 5.41) is 11.7. The van der Waals surface area contributed by atoms with Crippen LogP contribution >= 0.6 is 15.9 Å². The zero-order valence-corrected chi connectivity index (χ0v) is 12.2. The molecular weight excluding hydrogens is 331 g/mol. The van der Waals surface area contributed by atoms with Gasteiger partial charge in [0.2, 0.25) is 0 Å². The highest BCUT2D eigenvalue weighted by Crippen LogP contribution is 2.25. The van der Waals surface area contributed by atoms with Crippen molar-refractivity contribution in [2.24, 2.45) is 0 Å². The topological polar surface area (TPSA) is 69.6 Å². The number of carboxylic acid groups (broad SMARTS) is 1. The lowest BCUT2D eigenvalue weighted by Crippen LogP contribution is -2.49. The lowest BCUT2D eigenvalue weighted by molar-refractivity contribution is -0.143. The van der Waals surface area contributed by atoms with Crippen molar-refractivity contribution in [3.05, 3.63) is 28.5 Å². The van der Waals surface area contributed by atoms with Gasteiger partial charge in [0.05, 0.1) is 5.69 Å². The number of urea groups is 1. The van der Waals surface area contributed by atoms with Crippen LogP contribution in [0.1, 0.15) is 19.3 Å². The Labute approximate surface area is 123 Å². The number of anilines is 1. The molecule has 108 valence electrons. The summed E-state index contributed by atoms with van der Waals surface area (Å²) in [6.45, 7) is 0.404. The number of aliphatic carboxylic acids is 1. The van der Waals surface area contributed by atoms with Gasteiger partial charge in [0.1, 0.15) is 11.9 Å². The molecule has 1 heterocycles. The summed E-state index contributed by atoms with van der Waals surface area (Å²) in [6, 6.07) is 2.61. The smallest absolute Gasteiger partial charge is 0.326 e. The van der Waals surface area contributed by atoms with Gasteiger partial charge in [-0.25, -0.2) is 14.0 Å². The SMILES string of the molecule is O=C(O)C1CCCCN1C(=O)Nc1ccc(F)cc1Br. The van der Waals surface area contributed by atoms with E-state index in [1.807, 2.05) is 0 Å². The largest absolute Gasteiger partial charge is 0.480 e. The maximum atomic E-state index is 13.0. The van der Waals surface area contributed by atoms with Crippen LogP contribution in [0.15, 0.2) is 22.7 Å². The Morgan fingerprint density at radius 2 is 2.15 bits per heavy atom. The van der Waals surface area contributed by atoms with Crippen LogP contribution in [-0.2, 0) is 4.79 Å². The second kappa shape index (κ2) is 6.21. The maximum absolute atomic E-state index is 13.0. The third-order valence-electron chi connectivity index (χ3n) is 3.22. The Morgan fingerprint density at radius 3 is 2.80 bits per heavy atom. The Hall–Kier alpha value is -1.63. The molecule has 5 nitrogen and oxygen atoms in total. The minimum Gasteiger partial charge on any atom is -0.480 e. The average molecular weight is 345 g/mol. The van der Waals surface area contributed by atoms with E-state index in [1.54, 1.807) is 0 Å². The van der Waals surface area contributed by atoms with E-state index in [0.29, 0.717) is 23.1 Å². The van der Waals surface area contributed by atoms with Gasteiger partial charge >= 0.3 is 12.0 Å². The number of benzene rings is 1. The highest BCUT2D eigenvalue weighted by molar-refractivity contribution is 9.10. The van der Waals surface area contributed by atoms with E-state index in [-0.39, 0.29) is 0 Å². The van der Waals surface area contributed by atoms with Gasteiger partial charge in [-0.1, -0.05) is 0 Å². The van der Waals surface area contributed by atoms with Crippen LogP contribution < -0.4 is 5.32 Å². The lowest BCUT2D eigenvalue weighted by Gasteiger charge is -2.32. The molecule has 2 N–H and O–H groups in total. The standard InChI is InChI=1S/C13H14BrFN2O3/c14-9-7-8(15)4-5-10(9)16-13(20)17-6-2-1-3-11(17)12(18)19/h4-5,7,11H,1-3,6H2,(H,16,20)(H,18,19). The predicted molar refractivity (Wildman–Crippen MR) is 75.1 cm³/mol. The van der Waals surface area contributed by atoms with Gasteiger partial charge in [-0.05, 0) is 53.4 Å². The first-order chi connectivity index (χ1) is 9.49. The van der Waals surface area contributed by atoms with Crippen LogP contribution in [0.25, 0.3) is 0 Å². The molecule has 1 unspecified atom stereocenters. The minimum atomic E-state index is -1.00. The highest BCUT2D eigenvalue weighted by Gasteiger charge is 2.32. The molecule has 0 radical (unpaired) electrons. The number of carboxylic acids is 1. The second-order valence-corrected chi connectivity index (χ2v) is 5.45. The normalized spacial score (nSPS) is 18.7. The van der Waals surface area contributed by atoms with Gasteiger partial charge in [0.25, 0.3) is 0 Å². The van der Waals surface area contributed by atoms with Crippen LogP contribution in [0.4, 0.5) is 14.9 Å². The van der Waals surface area contributed by atoms with Gasteiger partial charge in [-0.3, -0.25) is 0 Å². The fourth-order valence-corrected chi connectivity index (χ4v) is 2.66. The van der Waals surface area contributed by atoms with Crippen molar-refractivity contribution in [1.82, 2.24) is 4.90 Å². The molecule has 0 bridgehead atoms. The first kappa shape index (κ1) is 14.8. The number of nitrogens with one attached hydrogen (secondary N) is 1. The number of carbonyl (C=O) groups excluding carboxylic acids is 1. The van der Waals surface area contributed by atoms with Crippen molar-refractivity contribution in [1.29, 1.82) is 0 Å². The number of halogens is 2. The fraction of sp³-hybridized carbons (Fsp3) is 0.385. The van der Waals surface area contributed by atoms with Crippen molar-refractivity contribution < 1.29 is 19.1 Å². The summed E-state index contributed by atoms with van der Waals surface area (Å²) in [4.78, 5) is 24.6. The Kier molecular flexibility index (Phi) is 4.59. The molecule has 0 aliphatic carbocycles. The van der Waals surface area contributed by atoms with Gasteiger partial charge < -0.3 is 15.3 Å². The molecule has 1 fully saturated rings. The monoisotopic (exact) mass is 344 g/mol. The number of nitrogens with zero attached hydrogens (tertiary/aromatic N) is 1. The molecule has 1 atom stereocenters. The zero-order valence-electron chi connectivity index (χ0n) is 10.6. The van der Waals surface area contributed by atoms with Crippen LogP contribution in [0.2, 0.25) is 0 Å². The minimum absolute atomic E-state index is 0.404. The third-order valence-corrected chi connectivity index (χ3v) is 3.88. The molecule has 7 heteroatoms. The first-order valence-electron chi connectivity index (χ1n) is 6.24. The van der Waals surface area contributed by atoms with Gasteiger partial charge in [-0.2, -0.15) is 0 Å². The molecule has 1 aromatic carbocycles. The summed E-state index contributed by atoms with van der Waals surface area (Å²) in [7, 11) is 0. The number of hydrogen-bond donors (Lipinski definition) is 2. The zero-order chi connectivity index (χ0) is 14.7. The molecule has 2 rings (SSSR count). The molecule has 2 amide bonds. The Balaban J connectivity index is 2.12. The Bertz CT molecular complexity index is 538. The molecule has 0 spiro atoms. The first-order valence-corrected chi connectivity index (χ1v) is 7.04. The predicted octanol–water partition coefficient (Wildman–Crippen LogP) is 3.06. The van der Waals surface area contributed by atoms with E-state index in [2.05, 4.69) is 21.2 Å². The molecule has 1 saturated heterocycles. The molecule has 0 saturated carbocycles.